The lowest BCUT2D eigenvalue weighted by atomic mass is 10.1. The molecular formula is C13H15BrN2O2. The summed E-state index contributed by atoms with van der Waals surface area (Å²) in [6.45, 7) is 3.29. The Morgan fingerprint density at radius 2 is 2.33 bits per heavy atom. The Morgan fingerprint density at radius 1 is 1.56 bits per heavy atom. The summed E-state index contributed by atoms with van der Waals surface area (Å²) in [4.78, 5) is 2.10. The smallest absolute Gasteiger partial charge is 0.101 e. The van der Waals surface area contributed by atoms with Crippen molar-refractivity contribution in [3.05, 3.63) is 28.2 Å². The molecule has 1 aliphatic rings. The van der Waals surface area contributed by atoms with E-state index in [4.69, 9.17) is 10.00 Å². The minimum atomic E-state index is -0.195. The number of morpholine rings is 1. The molecule has 96 valence electrons. The molecule has 1 aromatic rings. The van der Waals surface area contributed by atoms with Gasteiger partial charge in [0.2, 0.25) is 0 Å². The van der Waals surface area contributed by atoms with E-state index in [-0.39, 0.29) is 18.8 Å². The molecule has 2 rings (SSSR count). The van der Waals surface area contributed by atoms with Gasteiger partial charge in [-0.05, 0) is 25.1 Å². The van der Waals surface area contributed by atoms with Gasteiger partial charge in [-0.25, -0.2) is 0 Å². The van der Waals surface area contributed by atoms with Crippen LogP contribution in [0.5, 0.6) is 0 Å². The van der Waals surface area contributed by atoms with Gasteiger partial charge in [-0.2, -0.15) is 5.26 Å². The zero-order chi connectivity index (χ0) is 13.1. The largest absolute Gasteiger partial charge is 0.394 e. The van der Waals surface area contributed by atoms with Crippen LogP contribution in [-0.4, -0.2) is 37.0 Å². The normalized spacial score (nSPS) is 23.8. The maximum absolute atomic E-state index is 9.23. The van der Waals surface area contributed by atoms with E-state index in [1.807, 2.05) is 19.1 Å². The van der Waals surface area contributed by atoms with Crippen molar-refractivity contribution in [2.75, 3.05) is 24.6 Å². The average Bonchev–Trinajstić information content (AvgIpc) is 2.38. The van der Waals surface area contributed by atoms with Crippen molar-refractivity contribution in [3.63, 3.8) is 0 Å². The SMILES string of the molecule is CC1CN(c2cc(Br)ccc2C#N)CC(CO)O1. The van der Waals surface area contributed by atoms with E-state index in [0.717, 1.165) is 16.7 Å². The summed E-state index contributed by atoms with van der Waals surface area (Å²) in [7, 11) is 0. The molecule has 4 nitrogen and oxygen atoms in total. The molecule has 1 heterocycles. The van der Waals surface area contributed by atoms with E-state index < -0.39 is 0 Å². The number of nitriles is 1. The molecule has 1 aromatic carbocycles. The number of aliphatic hydroxyl groups excluding tert-OH is 1. The highest BCUT2D eigenvalue weighted by Crippen LogP contribution is 2.27. The van der Waals surface area contributed by atoms with Gasteiger partial charge >= 0.3 is 0 Å². The number of rotatable bonds is 2. The van der Waals surface area contributed by atoms with Crippen molar-refractivity contribution in [2.45, 2.75) is 19.1 Å². The van der Waals surface area contributed by atoms with Crippen molar-refractivity contribution < 1.29 is 9.84 Å². The quantitative estimate of drug-likeness (QED) is 0.906. The molecule has 0 amide bonds. The number of hydrogen-bond donors (Lipinski definition) is 1. The Hall–Kier alpha value is -1.09. The van der Waals surface area contributed by atoms with Gasteiger partial charge in [-0.3, -0.25) is 0 Å². The Bertz CT molecular complexity index is 473. The molecule has 0 aliphatic carbocycles. The van der Waals surface area contributed by atoms with Crippen molar-refractivity contribution in [1.82, 2.24) is 0 Å². The van der Waals surface area contributed by atoms with E-state index >= 15 is 0 Å². The molecule has 0 bridgehead atoms. The number of anilines is 1. The molecule has 1 aliphatic heterocycles. The lowest BCUT2D eigenvalue weighted by Crippen LogP contribution is -2.48. The second-order valence-corrected chi connectivity index (χ2v) is 5.35. The zero-order valence-electron chi connectivity index (χ0n) is 10.1. The topological polar surface area (TPSA) is 56.5 Å². The third-order valence-electron chi connectivity index (χ3n) is 2.95. The first-order valence-electron chi connectivity index (χ1n) is 5.85. The van der Waals surface area contributed by atoms with Crippen molar-refractivity contribution >= 4 is 21.6 Å². The van der Waals surface area contributed by atoms with Gasteiger partial charge in [0, 0.05) is 17.6 Å². The van der Waals surface area contributed by atoms with Crippen LogP contribution < -0.4 is 4.90 Å². The molecule has 1 saturated heterocycles. The van der Waals surface area contributed by atoms with Crippen LogP contribution in [0, 0.1) is 11.3 Å². The summed E-state index contributed by atoms with van der Waals surface area (Å²) in [5.41, 5.74) is 1.53. The third-order valence-corrected chi connectivity index (χ3v) is 3.44. The summed E-state index contributed by atoms with van der Waals surface area (Å²) < 4.78 is 6.55. The third kappa shape index (κ3) is 2.83. The molecular weight excluding hydrogens is 296 g/mol. The second-order valence-electron chi connectivity index (χ2n) is 4.43. The van der Waals surface area contributed by atoms with Crippen molar-refractivity contribution in [2.24, 2.45) is 0 Å². The van der Waals surface area contributed by atoms with E-state index in [1.54, 1.807) is 6.07 Å². The van der Waals surface area contributed by atoms with Gasteiger partial charge in [0.1, 0.15) is 6.07 Å². The summed E-state index contributed by atoms with van der Waals surface area (Å²) in [6.07, 6.45) is -0.152. The first-order valence-corrected chi connectivity index (χ1v) is 6.64. The lowest BCUT2D eigenvalue weighted by molar-refractivity contribution is -0.0421. The first kappa shape index (κ1) is 13.3. The number of benzene rings is 1. The molecule has 2 unspecified atom stereocenters. The van der Waals surface area contributed by atoms with E-state index in [9.17, 15) is 5.11 Å². The highest BCUT2D eigenvalue weighted by atomic mass is 79.9. The van der Waals surface area contributed by atoms with Crippen LogP contribution in [0.4, 0.5) is 5.69 Å². The Labute approximate surface area is 115 Å². The predicted octanol–water partition coefficient (Wildman–Crippen LogP) is 1.91. The molecule has 0 radical (unpaired) electrons. The van der Waals surface area contributed by atoms with E-state index in [2.05, 4.69) is 26.9 Å². The van der Waals surface area contributed by atoms with Gasteiger partial charge in [0.05, 0.1) is 30.1 Å². The van der Waals surface area contributed by atoms with Crippen LogP contribution in [0.1, 0.15) is 12.5 Å². The number of ether oxygens (including phenoxy) is 1. The number of aliphatic hydroxyl groups is 1. The van der Waals surface area contributed by atoms with E-state index in [0.29, 0.717) is 12.1 Å². The zero-order valence-corrected chi connectivity index (χ0v) is 11.7. The van der Waals surface area contributed by atoms with Crippen LogP contribution in [0.3, 0.4) is 0 Å². The Kier molecular flexibility index (Phi) is 4.23. The molecule has 0 aromatic heterocycles. The van der Waals surface area contributed by atoms with Gasteiger partial charge in [0.25, 0.3) is 0 Å². The molecule has 5 heteroatoms. The van der Waals surface area contributed by atoms with Crippen LogP contribution in [-0.2, 0) is 4.74 Å². The summed E-state index contributed by atoms with van der Waals surface area (Å²) in [5, 5.41) is 18.4. The molecule has 1 N–H and O–H groups in total. The fourth-order valence-corrected chi connectivity index (χ4v) is 2.55. The Balaban J connectivity index is 2.30. The summed E-state index contributed by atoms with van der Waals surface area (Å²) >= 11 is 3.42. The monoisotopic (exact) mass is 310 g/mol. The number of hydrogen-bond acceptors (Lipinski definition) is 4. The lowest BCUT2D eigenvalue weighted by Gasteiger charge is -2.38. The van der Waals surface area contributed by atoms with Gasteiger partial charge in [-0.15, -0.1) is 0 Å². The standard InChI is InChI=1S/C13H15BrN2O2/c1-9-6-16(7-12(8-17)18-9)13-4-11(14)3-2-10(13)5-15/h2-4,9,12,17H,6-8H2,1H3. The first-order chi connectivity index (χ1) is 8.63. The van der Waals surface area contributed by atoms with Crippen molar-refractivity contribution in [3.8, 4) is 6.07 Å². The molecule has 2 atom stereocenters. The van der Waals surface area contributed by atoms with Crippen LogP contribution in [0.25, 0.3) is 0 Å². The molecule has 0 saturated carbocycles. The van der Waals surface area contributed by atoms with E-state index in [1.165, 1.54) is 0 Å². The van der Waals surface area contributed by atoms with Gasteiger partial charge in [0.15, 0.2) is 0 Å². The highest BCUT2D eigenvalue weighted by molar-refractivity contribution is 9.10. The average molecular weight is 311 g/mol. The number of nitrogens with zero attached hydrogens (tertiary/aromatic N) is 2. The van der Waals surface area contributed by atoms with Crippen LogP contribution in [0.2, 0.25) is 0 Å². The summed E-state index contributed by atoms with van der Waals surface area (Å²) in [5.74, 6) is 0. The van der Waals surface area contributed by atoms with Crippen molar-refractivity contribution in [1.29, 1.82) is 5.26 Å². The maximum atomic E-state index is 9.23. The van der Waals surface area contributed by atoms with Crippen LogP contribution >= 0.6 is 15.9 Å². The molecule has 1 fully saturated rings. The minimum absolute atomic E-state index is 0.00324. The Morgan fingerprint density at radius 3 is 3.00 bits per heavy atom. The van der Waals surface area contributed by atoms with Gasteiger partial charge in [-0.1, -0.05) is 15.9 Å². The maximum Gasteiger partial charge on any atom is 0.101 e. The fourth-order valence-electron chi connectivity index (χ4n) is 2.20. The van der Waals surface area contributed by atoms with Gasteiger partial charge < -0.3 is 14.7 Å². The predicted molar refractivity (Wildman–Crippen MR) is 72.5 cm³/mol. The fraction of sp³-hybridized carbons (Fsp3) is 0.462. The van der Waals surface area contributed by atoms with Crippen LogP contribution in [0.15, 0.2) is 22.7 Å². The molecule has 0 spiro atoms. The highest BCUT2D eigenvalue weighted by Gasteiger charge is 2.26. The summed E-state index contributed by atoms with van der Waals surface area (Å²) in [6, 6.07) is 7.79. The number of halogens is 1. The minimum Gasteiger partial charge on any atom is -0.394 e. The second kappa shape index (κ2) is 5.70. The molecule has 18 heavy (non-hydrogen) atoms.